The smallest absolute Gasteiger partial charge is 0.217 e. The summed E-state index contributed by atoms with van der Waals surface area (Å²) in [4.78, 5) is 11.7. The number of nitrogens with one attached hydrogen (secondary N) is 3. The van der Waals surface area contributed by atoms with Crippen molar-refractivity contribution in [3.63, 3.8) is 0 Å². The van der Waals surface area contributed by atoms with Crippen LogP contribution >= 0.6 is 0 Å². The summed E-state index contributed by atoms with van der Waals surface area (Å²) in [6.45, 7) is 8.29. The Morgan fingerprint density at radius 2 is 1.82 bits per heavy atom. The van der Waals surface area contributed by atoms with Crippen LogP contribution in [0, 0.1) is 22.9 Å². The largest absolute Gasteiger partial charge is 0.390 e. The predicted octanol–water partition coefficient (Wildman–Crippen LogP) is 4.25. The number of hydrogen-bond donors (Lipinski definition) is 4. The Kier molecular flexibility index (Phi) is 8.25. The summed E-state index contributed by atoms with van der Waals surface area (Å²) in [5.41, 5.74) is 2.57. The van der Waals surface area contributed by atoms with Gasteiger partial charge in [0.25, 0.3) is 0 Å². The Morgan fingerprint density at radius 1 is 1.15 bits per heavy atom. The Bertz CT molecular complexity index is 1000. The molecule has 186 valence electrons. The molecule has 3 atom stereocenters. The van der Waals surface area contributed by atoms with E-state index in [2.05, 4.69) is 36.7 Å². The first-order valence-electron chi connectivity index (χ1n) is 11.6. The van der Waals surface area contributed by atoms with Gasteiger partial charge in [0.2, 0.25) is 5.91 Å². The zero-order valence-electron chi connectivity index (χ0n) is 20.1. The van der Waals surface area contributed by atoms with Crippen molar-refractivity contribution in [3.8, 4) is 0 Å². The van der Waals surface area contributed by atoms with Crippen LogP contribution in [0.5, 0.6) is 0 Å². The van der Waals surface area contributed by atoms with Crippen molar-refractivity contribution in [3.05, 3.63) is 64.5 Å². The molecule has 0 fully saturated rings. The summed E-state index contributed by atoms with van der Waals surface area (Å²) < 4.78 is 41.9. The summed E-state index contributed by atoms with van der Waals surface area (Å²) in [5, 5.41) is 20.1. The van der Waals surface area contributed by atoms with E-state index in [9.17, 15) is 23.1 Å². The normalized spacial score (nSPS) is 17.5. The number of amides is 1. The average molecular weight is 478 g/mol. The van der Waals surface area contributed by atoms with Crippen LogP contribution in [-0.4, -0.2) is 36.2 Å². The van der Waals surface area contributed by atoms with Gasteiger partial charge >= 0.3 is 0 Å². The third kappa shape index (κ3) is 7.21. The van der Waals surface area contributed by atoms with Crippen molar-refractivity contribution in [2.45, 2.75) is 65.1 Å². The zero-order chi connectivity index (χ0) is 25.0. The molecule has 5 nitrogen and oxygen atoms in total. The molecule has 1 amide bonds. The molecule has 0 aromatic heterocycles. The third-order valence-electron chi connectivity index (χ3n) is 5.87. The Morgan fingerprint density at radius 3 is 2.44 bits per heavy atom. The van der Waals surface area contributed by atoms with Crippen molar-refractivity contribution in [1.29, 1.82) is 0 Å². The standard InChI is InChI=1S/C26H34F3N3O2/c1-15(33)32-24(9-16-7-18(27)11-19(28)8-16)25(34)14-31-22-5-6-30-23-12-21(29)17(10-20(22)23)13-26(2,3)4/h7-8,10-12,22,24-25,30-31,34H,5-6,9,13-14H2,1-4H3,(H,32,33)/t22-,24-,25-/m0/s1. The molecule has 0 saturated carbocycles. The van der Waals surface area contributed by atoms with Crippen LogP contribution in [0.4, 0.5) is 18.9 Å². The van der Waals surface area contributed by atoms with Crippen LogP contribution < -0.4 is 16.0 Å². The number of benzene rings is 2. The SMILES string of the molecule is CC(=O)N[C@@H](Cc1cc(F)cc(F)c1)[C@@H](O)CN[C@H]1CCNc2cc(F)c(CC(C)(C)C)cc21. The number of aliphatic hydroxyl groups excluding tert-OH is 1. The minimum absolute atomic E-state index is 0.0703. The molecule has 34 heavy (non-hydrogen) atoms. The monoisotopic (exact) mass is 477 g/mol. The molecule has 0 saturated heterocycles. The second-order valence-electron chi connectivity index (χ2n) is 10.3. The molecule has 0 aliphatic carbocycles. The topological polar surface area (TPSA) is 73.4 Å². The molecule has 0 unspecified atom stereocenters. The van der Waals surface area contributed by atoms with E-state index in [4.69, 9.17) is 0 Å². The third-order valence-corrected chi connectivity index (χ3v) is 5.87. The van der Waals surface area contributed by atoms with Crippen LogP contribution in [-0.2, 0) is 17.6 Å². The summed E-state index contributed by atoms with van der Waals surface area (Å²) in [6, 6.07) is 5.71. The van der Waals surface area contributed by atoms with Gasteiger partial charge in [0.05, 0.1) is 12.1 Å². The van der Waals surface area contributed by atoms with E-state index in [1.807, 2.05) is 6.07 Å². The first-order valence-corrected chi connectivity index (χ1v) is 11.6. The van der Waals surface area contributed by atoms with Crippen molar-refractivity contribution >= 4 is 11.6 Å². The van der Waals surface area contributed by atoms with Crippen molar-refractivity contribution in [2.24, 2.45) is 5.41 Å². The van der Waals surface area contributed by atoms with E-state index >= 15 is 0 Å². The lowest BCUT2D eigenvalue weighted by atomic mass is 9.85. The average Bonchev–Trinajstić information content (AvgIpc) is 2.70. The zero-order valence-corrected chi connectivity index (χ0v) is 20.1. The maximum Gasteiger partial charge on any atom is 0.217 e. The molecule has 0 radical (unpaired) electrons. The molecular formula is C26H34F3N3O2. The molecule has 1 aliphatic rings. The van der Waals surface area contributed by atoms with E-state index in [0.717, 1.165) is 23.7 Å². The van der Waals surface area contributed by atoms with Crippen LogP contribution in [0.15, 0.2) is 30.3 Å². The summed E-state index contributed by atoms with van der Waals surface area (Å²) in [5.74, 6) is -2.02. The molecule has 0 bridgehead atoms. The van der Waals surface area contributed by atoms with E-state index < -0.39 is 23.8 Å². The molecule has 2 aromatic carbocycles. The Balaban J connectivity index is 1.74. The van der Waals surface area contributed by atoms with Gasteiger partial charge in [0, 0.05) is 37.8 Å². The number of carbonyl (C=O) groups excluding carboxylic acids is 1. The summed E-state index contributed by atoms with van der Waals surface area (Å²) in [7, 11) is 0. The van der Waals surface area contributed by atoms with Gasteiger partial charge in [-0.15, -0.1) is 0 Å². The van der Waals surface area contributed by atoms with Crippen LogP contribution in [0.2, 0.25) is 0 Å². The maximum absolute atomic E-state index is 14.6. The van der Waals surface area contributed by atoms with Gasteiger partial charge in [-0.1, -0.05) is 20.8 Å². The minimum atomic E-state index is -1.01. The van der Waals surface area contributed by atoms with E-state index in [-0.39, 0.29) is 36.1 Å². The Labute approximate surface area is 199 Å². The van der Waals surface area contributed by atoms with Gasteiger partial charge in [-0.05, 0) is 65.6 Å². The predicted molar refractivity (Wildman–Crippen MR) is 127 cm³/mol. The number of rotatable bonds is 8. The highest BCUT2D eigenvalue weighted by Crippen LogP contribution is 2.34. The van der Waals surface area contributed by atoms with Gasteiger partial charge in [-0.2, -0.15) is 0 Å². The quantitative estimate of drug-likeness (QED) is 0.459. The number of fused-ring (bicyclic) bond motifs is 1. The van der Waals surface area contributed by atoms with Crippen LogP contribution in [0.25, 0.3) is 0 Å². The fourth-order valence-electron chi connectivity index (χ4n) is 4.44. The first kappa shape index (κ1) is 26.0. The van der Waals surface area contributed by atoms with Crippen molar-refractivity contribution in [2.75, 3.05) is 18.4 Å². The van der Waals surface area contributed by atoms with Crippen molar-refractivity contribution < 1.29 is 23.1 Å². The summed E-state index contributed by atoms with van der Waals surface area (Å²) >= 11 is 0. The molecule has 1 aliphatic heterocycles. The van der Waals surface area contributed by atoms with Gasteiger partial charge in [-0.3, -0.25) is 4.79 Å². The molecule has 1 heterocycles. The first-order chi connectivity index (χ1) is 15.9. The van der Waals surface area contributed by atoms with E-state index in [1.54, 1.807) is 0 Å². The molecule has 2 aromatic rings. The van der Waals surface area contributed by atoms with Crippen LogP contribution in [0.3, 0.4) is 0 Å². The highest BCUT2D eigenvalue weighted by atomic mass is 19.1. The van der Waals surface area contributed by atoms with Gasteiger partial charge in [-0.25, -0.2) is 13.2 Å². The molecule has 0 spiro atoms. The fourth-order valence-corrected chi connectivity index (χ4v) is 4.44. The maximum atomic E-state index is 14.6. The Hall–Kier alpha value is -2.58. The lowest BCUT2D eigenvalue weighted by Gasteiger charge is -2.31. The second kappa shape index (κ2) is 10.8. The number of carbonyl (C=O) groups is 1. The highest BCUT2D eigenvalue weighted by Gasteiger charge is 2.26. The molecule has 4 N–H and O–H groups in total. The molecular weight excluding hydrogens is 443 g/mol. The van der Waals surface area contributed by atoms with Gasteiger partial charge in [0.1, 0.15) is 17.5 Å². The number of hydrogen-bond acceptors (Lipinski definition) is 4. The van der Waals surface area contributed by atoms with Gasteiger partial charge < -0.3 is 21.1 Å². The van der Waals surface area contributed by atoms with Crippen molar-refractivity contribution in [1.82, 2.24) is 10.6 Å². The minimum Gasteiger partial charge on any atom is -0.390 e. The van der Waals surface area contributed by atoms with Gasteiger partial charge in [0.15, 0.2) is 0 Å². The molecule has 3 rings (SSSR count). The molecule has 8 heteroatoms. The summed E-state index contributed by atoms with van der Waals surface area (Å²) in [6.07, 6.45) is 0.389. The van der Waals surface area contributed by atoms with E-state index in [0.29, 0.717) is 24.1 Å². The number of anilines is 1. The second-order valence-corrected chi connectivity index (χ2v) is 10.3. The fraction of sp³-hybridized carbons (Fsp3) is 0.500. The highest BCUT2D eigenvalue weighted by molar-refractivity contribution is 5.73. The lowest BCUT2D eigenvalue weighted by molar-refractivity contribution is -0.120. The lowest BCUT2D eigenvalue weighted by Crippen LogP contribution is -2.48. The number of halogens is 3. The van der Waals surface area contributed by atoms with Crippen LogP contribution in [0.1, 0.15) is 56.8 Å². The van der Waals surface area contributed by atoms with E-state index in [1.165, 1.54) is 25.1 Å². The number of aliphatic hydroxyl groups is 1.